The van der Waals surface area contributed by atoms with Gasteiger partial charge in [0.2, 0.25) is 0 Å². The van der Waals surface area contributed by atoms with E-state index >= 15 is 0 Å². The summed E-state index contributed by atoms with van der Waals surface area (Å²) in [4.78, 5) is 15.8. The first kappa shape index (κ1) is 18.0. The Hall–Kier alpha value is -3.09. The first-order valence-electron chi connectivity index (χ1n) is 9.52. The normalized spacial score (nSPS) is 14.0. The molecule has 0 unspecified atom stereocenters. The minimum atomic E-state index is 0.730. The Balaban J connectivity index is 1.34. The zero-order valence-corrected chi connectivity index (χ0v) is 16.5. The van der Waals surface area contributed by atoms with Crippen molar-refractivity contribution in [2.75, 3.05) is 6.54 Å². The van der Waals surface area contributed by atoms with Gasteiger partial charge in [-0.2, -0.15) is 5.10 Å². The number of fused-ring (bicyclic) bond motifs is 1. The van der Waals surface area contributed by atoms with Gasteiger partial charge in [-0.05, 0) is 29.8 Å². The van der Waals surface area contributed by atoms with E-state index < -0.39 is 0 Å². The van der Waals surface area contributed by atoms with Crippen molar-refractivity contribution >= 4 is 11.6 Å². The van der Waals surface area contributed by atoms with Crippen LogP contribution in [-0.4, -0.2) is 36.6 Å². The van der Waals surface area contributed by atoms with Crippen molar-refractivity contribution in [1.29, 1.82) is 0 Å². The molecule has 1 aliphatic rings. The quantitative estimate of drug-likeness (QED) is 0.555. The van der Waals surface area contributed by atoms with Gasteiger partial charge in [-0.25, -0.2) is 9.97 Å². The van der Waals surface area contributed by atoms with Crippen LogP contribution in [0.25, 0.3) is 22.6 Å². The highest BCUT2D eigenvalue weighted by atomic mass is 35.5. The molecule has 0 bridgehead atoms. The average Bonchev–Trinajstić information content (AvgIpc) is 3.22. The first-order chi connectivity index (χ1) is 14.3. The average molecular weight is 403 g/mol. The predicted molar refractivity (Wildman–Crippen MR) is 112 cm³/mol. The highest BCUT2D eigenvalue weighted by Gasteiger charge is 2.20. The second-order valence-electron chi connectivity index (χ2n) is 7.14. The molecule has 0 spiro atoms. The van der Waals surface area contributed by atoms with Gasteiger partial charge in [0.05, 0.1) is 17.6 Å². The minimum Gasteiger partial charge on any atom is -0.294 e. The van der Waals surface area contributed by atoms with Crippen molar-refractivity contribution in [2.24, 2.45) is 0 Å². The fourth-order valence-corrected chi connectivity index (χ4v) is 3.81. The van der Waals surface area contributed by atoms with Gasteiger partial charge >= 0.3 is 0 Å². The van der Waals surface area contributed by atoms with E-state index in [1.807, 2.05) is 48.8 Å². The van der Waals surface area contributed by atoms with Crippen LogP contribution in [0.4, 0.5) is 0 Å². The summed E-state index contributed by atoms with van der Waals surface area (Å²) in [6.07, 6.45) is 8.30. The number of H-pyrrole nitrogens is 1. The Morgan fingerprint density at radius 2 is 1.83 bits per heavy atom. The molecule has 6 nitrogen and oxygen atoms in total. The van der Waals surface area contributed by atoms with Gasteiger partial charge in [-0.15, -0.1) is 0 Å². The molecule has 0 saturated carbocycles. The van der Waals surface area contributed by atoms with Crippen molar-refractivity contribution in [1.82, 2.24) is 30.0 Å². The lowest BCUT2D eigenvalue weighted by molar-refractivity contribution is 0.243. The molecule has 3 aromatic heterocycles. The van der Waals surface area contributed by atoms with Crippen LogP contribution in [-0.2, 0) is 19.5 Å². The largest absolute Gasteiger partial charge is 0.294 e. The molecular weight excluding hydrogens is 384 g/mol. The van der Waals surface area contributed by atoms with Crippen LogP contribution in [0.5, 0.6) is 0 Å². The number of nitrogens with one attached hydrogen (secondary N) is 1. The molecule has 0 fully saturated rings. The van der Waals surface area contributed by atoms with Crippen molar-refractivity contribution < 1.29 is 0 Å². The van der Waals surface area contributed by atoms with Crippen LogP contribution in [0.15, 0.2) is 61.2 Å². The fraction of sp³-hybridized carbons (Fsp3) is 0.182. The number of pyridine rings is 1. The van der Waals surface area contributed by atoms with E-state index in [1.165, 1.54) is 11.1 Å². The van der Waals surface area contributed by atoms with Crippen molar-refractivity contribution in [3.05, 3.63) is 83.0 Å². The van der Waals surface area contributed by atoms with E-state index in [0.29, 0.717) is 0 Å². The smallest absolute Gasteiger partial charge is 0.159 e. The number of halogens is 1. The van der Waals surface area contributed by atoms with Crippen LogP contribution in [0, 0.1) is 0 Å². The maximum Gasteiger partial charge on any atom is 0.159 e. The summed E-state index contributed by atoms with van der Waals surface area (Å²) < 4.78 is 0. The molecule has 4 heterocycles. The number of aromatic nitrogens is 5. The summed E-state index contributed by atoms with van der Waals surface area (Å²) in [5.74, 6) is 0.763. The lowest BCUT2D eigenvalue weighted by Crippen LogP contribution is -2.31. The number of nitrogens with zero attached hydrogens (tertiary/aromatic N) is 5. The third-order valence-corrected chi connectivity index (χ3v) is 5.45. The third kappa shape index (κ3) is 3.77. The van der Waals surface area contributed by atoms with Gasteiger partial charge < -0.3 is 0 Å². The predicted octanol–water partition coefficient (Wildman–Crippen LogP) is 4.14. The lowest BCUT2D eigenvalue weighted by atomic mass is 10.0. The number of hydrogen-bond donors (Lipinski definition) is 1. The van der Waals surface area contributed by atoms with E-state index in [4.69, 9.17) is 16.6 Å². The number of benzene rings is 1. The Labute approximate surface area is 173 Å². The Bertz CT molecular complexity index is 1120. The SMILES string of the molecule is Clc1ccc(-c2[nH]ncc2CN2CCc3nc(-c4ccncc4)ncc3C2)cc1. The van der Waals surface area contributed by atoms with Gasteiger partial charge in [0, 0.05) is 66.4 Å². The molecule has 144 valence electrons. The van der Waals surface area contributed by atoms with E-state index in [-0.39, 0.29) is 0 Å². The van der Waals surface area contributed by atoms with E-state index in [1.54, 1.807) is 12.4 Å². The number of rotatable bonds is 4. The molecule has 0 amide bonds. The van der Waals surface area contributed by atoms with Crippen molar-refractivity contribution in [3.8, 4) is 22.6 Å². The summed E-state index contributed by atoms with van der Waals surface area (Å²) in [5.41, 5.74) is 6.61. The molecular formula is C22H19ClN6. The summed E-state index contributed by atoms with van der Waals surface area (Å²) >= 11 is 6.02. The van der Waals surface area contributed by atoms with E-state index in [9.17, 15) is 0 Å². The molecule has 5 rings (SSSR count). The summed E-state index contributed by atoms with van der Waals surface area (Å²) in [6.45, 7) is 2.60. The van der Waals surface area contributed by atoms with Crippen LogP contribution in [0.2, 0.25) is 5.02 Å². The molecule has 7 heteroatoms. The van der Waals surface area contributed by atoms with E-state index in [2.05, 4.69) is 25.1 Å². The third-order valence-electron chi connectivity index (χ3n) is 5.20. The molecule has 29 heavy (non-hydrogen) atoms. The second kappa shape index (κ2) is 7.73. The zero-order chi connectivity index (χ0) is 19.6. The number of hydrogen-bond acceptors (Lipinski definition) is 5. The maximum absolute atomic E-state index is 6.02. The van der Waals surface area contributed by atoms with Crippen molar-refractivity contribution in [3.63, 3.8) is 0 Å². The van der Waals surface area contributed by atoms with Crippen LogP contribution >= 0.6 is 11.6 Å². The zero-order valence-electron chi connectivity index (χ0n) is 15.7. The van der Waals surface area contributed by atoms with Gasteiger partial charge in [0.25, 0.3) is 0 Å². The Morgan fingerprint density at radius 3 is 2.66 bits per heavy atom. The van der Waals surface area contributed by atoms with Gasteiger partial charge in [0.15, 0.2) is 5.82 Å². The van der Waals surface area contributed by atoms with E-state index in [0.717, 1.165) is 59.4 Å². The van der Waals surface area contributed by atoms with Gasteiger partial charge in [0.1, 0.15) is 0 Å². The molecule has 0 aliphatic carbocycles. The van der Waals surface area contributed by atoms with Crippen molar-refractivity contribution in [2.45, 2.75) is 19.5 Å². The Kier molecular flexibility index (Phi) is 4.79. The summed E-state index contributed by atoms with van der Waals surface area (Å²) in [5, 5.41) is 8.12. The Morgan fingerprint density at radius 1 is 1.00 bits per heavy atom. The molecule has 0 saturated heterocycles. The molecule has 1 aromatic carbocycles. The maximum atomic E-state index is 6.02. The minimum absolute atomic E-state index is 0.730. The molecule has 4 aromatic rings. The number of aromatic amines is 1. The van der Waals surface area contributed by atoms with Gasteiger partial charge in [-0.3, -0.25) is 15.0 Å². The summed E-state index contributed by atoms with van der Waals surface area (Å²) in [6, 6.07) is 11.7. The second-order valence-corrected chi connectivity index (χ2v) is 7.58. The molecule has 0 atom stereocenters. The first-order valence-corrected chi connectivity index (χ1v) is 9.90. The standard InChI is InChI=1S/C22H19ClN6/c23-19-3-1-15(2-4-19)21-18(12-26-28-21)14-29-10-7-20-17(13-29)11-25-22(27-20)16-5-8-24-9-6-16/h1-6,8-9,11-12H,7,10,13-14H2,(H,26,28). The summed E-state index contributed by atoms with van der Waals surface area (Å²) in [7, 11) is 0. The highest BCUT2D eigenvalue weighted by molar-refractivity contribution is 6.30. The van der Waals surface area contributed by atoms with Crippen LogP contribution in [0.1, 0.15) is 16.8 Å². The van der Waals surface area contributed by atoms with Crippen LogP contribution in [0.3, 0.4) is 0 Å². The lowest BCUT2D eigenvalue weighted by Gasteiger charge is -2.28. The highest BCUT2D eigenvalue weighted by Crippen LogP contribution is 2.26. The topological polar surface area (TPSA) is 70.6 Å². The monoisotopic (exact) mass is 402 g/mol. The van der Waals surface area contributed by atoms with Gasteiger partial charge in [-0.1, -0.05) is 23.7 Å². The fourth-order valence-electron chi connectivity index (χ4n) is 3.69. The molecule has 1 aliphatic heterocycles. The molecule has 1 N–H and O–H groups in total. The van der Waals surface area contributed by atoms with Crippen LogP contribution < -0.4 is 0 Å². The molecule has 0 radical (unpaired) electrons.